The molecule has 0 saturated heterocycles. The number of hydrogen-bond donors (Lipinski definition) is 1. The van der Waals surface area contributed by atoms with Gasteiger partial charge in [0.1, 0.15) is 5.76 Å². The summed E-state index contributed by atoms with van der Waals surface area (Å²) in [7, 11) is 0. The molecule has 0 saturated carbocycles. The molecule has 32 heavy (non-hydrogen) atoms. The zero-order chi connectivity index (χ0) is 22.5. The Kier molecular flexibility index (Phi) is 6.50. The maximum Gasteiger partial charge on any atom is 0.236 e. The Morgan fingerprint density at radius 1 is 1.19 bits per heavy atom. The number of ether oxygens (including phenoxy) is 1. The minimum absolute atomic E-state index is 0.0828. The van der Waals surface area contributed by atoms with Crippen LogP contribution in [0.2, 0.25) is 0 Å². The third-order valence-corrected chi connectivity index (χ3v) is 5.33. The Morgan fingerprint density at radius 3 is 2.66 bits per heavy atom. The average molecular weight is 453 g/mol. The second kappa shape index (κ2) is 9.65. The van der Waals surface area contributed by atoms with E-state index < -0.39 is 11.9 Å². The number of thioether (sulfide) groups is 1. The number of halogens is 1. The molecule has 1 N–H and O–H groups in total. The SMILES string of the molecule is Cc1cc(NC(=O)CSc2nnc(C(C)Oc3ccccc3F)n2-c2ccccc2)no1. The number of benzene rings is 2. The molecule has 0 radical (unpaired) electrons. The quantitative estimate of drug-likeness (QED) is 0.390. The van der Waals surface area contributed by atoms with Crippen LogP contribution in [0.25, 0.3) is 5.69 Å². The fraction of sp³-hybridized carbons (Fsp3) is 0.182. The van der Waals surface area contributed by atoms with Crippen LogP contribution in [-0.4, -0.2) is 31.6 Å². The van der Waals surface area contributed by atoms with E-state index in [9.17, 15) is 9.18 Å². The van der Waals surface area contributed by atoms with E-state index in [-0.39, 0.29) is 17.4 Å². The maximum atomic E-state index is 14.1. The molecule has 164 valence electrons. The molecule has 0 aliphatic heterocycles. The molecule has 1 amide bonds. The first kappa shape index (κ1) is 21.6. The first-order valence-electron chi connectivity index (χ1n) is 9.79. The molecule has 4 rings (SSSR count). The summed E-state index contributed by atoms with van der Waals surface area (Å²) in [5.74, 6) is 0.922. The lowest BCUT2D eigenvalue weighted by atomic mass is 10.3. The van der Waals surface area contributed by atoms with Gasteiger partial charge in [-0.25, -0.2) is 4.39 Å². The number of rotatable bonds is 8. The van der Waals surface area contributed by atoms with Crippen molar-refractivity contribution in [2.24, 2.45) is 0 Å². The van der Waals surface area contributed by atoms with Crippen LogP contribution < -0.4 is 10.1 Å². The van der Waals surface area contributed by atoms with Gasteiger partial charge in [0.2, 0.25) is 5.91 Å². The minimum atomic E-state index is -0.596. The summed E-state index contributed by atoms with van der Waals surface area (Å²) < 4.78 is 26.6. The fourth-order valence-corrected chi connectivity index (χ4v) is 3.73. The van der Waals surface area contributed by atoms with Crippen molar-refractivity contribution in [2.75, 3.05) is 11.1 Å². The Hall–Kier alpha value is -3.66. The van der Waals surface area contributed by atoms with Crippen LogP contribution in [0, 0.1) is 12.7 Å². The molecule has 0 aliphatic carbocycles. The van der Waals surface area contributed by atoms with Crippen LogP contribution in [0.5, 0.6) is 5.75 Å². The number of amides is 1. The second-order valence-electron chi connectivity index (χ2n) is 6.86. The molecular weight excluding hydrogens is 433 g/mol. The summed E-state index contributed by atoms with van der Waals surface area (Å²) in [6, 6.07) is 17.3. The van der Waals surface area contributed by atoms with E-state index >= 15 is 0 Å². The highest BCUT2D eigenvalue weighted by atomic mass is 32.2. The molecule has 0 spiro atoms. The largest absolute Gasteiger partial charge is 0.480 e. The highest BCUT2D eigenvalue weighted by Crippen LogP contribution is 2.28. The normalized spacial score (nSPS) is 11.8. The highest BCUT2D eigenvalue weighted by molar-refractivity contribution is 7.99. The van der Waals surface area contributed by atoms with Gasteiger partial charge in [-0.3, -0.25) is 9.36 Å². The molecule has 0 fully saturated rings. The van der Waals surface area contributed by atoms with Crippen LogP contribution in [0.15, 0.2) is 70.3 Å². The van der Waals surface area contributed by atoms with E-state index in [0.29, 0.717) is 22.6 Å². The molecular formula is C22H20FN5O3S. The van der Waals surface area contributed by atoms with Gasteiger partial charge in [0.15, 0.2) is 34.5 Å². The third-order valence-electron chi connectivity index (χ3n) is 4.40. The maximum absolute atomic E-state index is 14.1. The van der Waals surface area contributed by atoms with Gasteiger partial charge in [0.25, 0.3) is 0 Å². The van der Waals surface area contributed by atoms with Crippen LogP contribution in [-0.2, 0) is 4.79 Å². The number of hydrogen-bond acceptors (Lipinski definition) is 7. The van der Waals surface area contributed by atoms with Crippen LogP contribution in [0.4, 0.5) is 10.2 Å². The standard InChI is InChI=1S/C22H20FN5O3S/c1-14-12-19(27-31-14)24-20(29)13-32-22-26-25-21(28(22)16-8-4-3-5-9-16)15(2)30-18-11-7-6-10-17(18)23/h3-12,15H,13H2,1-2H3,(H,24,27,29). The summed E-state index contributed by atoms with van der Waals surface area (Å²) >= 11 is 1.21. The number of carbonyl (C=O) groups excluding carboxylic acids is 1. The zero-order valence-electron chi connectivity index (χ0n) is 17.4. The van der Waals surface area contributed by atoms with Crippen molar-refractivity contribution in [3.8, 4) is 11.4 Å². The van der Waals surface area contributed by atoms with Gasteiger partial charge in [-0.2, -0.15) is 0 Å². The molecule has 1 unspecified atom stereocenters. The number of nitrogens with one attached hydrogen (secondary N) is 1. The number of anilines is 1. The number of carbonyl (C=O) groups is 1. The Bertz CT molecular complexity index is 1210. The second-order valence-corrected chi connectivity index (χ2v) is 7.80. The van der Waals surface area contributed by atoms with Crippen molar-refractivity contribution in [1.29, 1.82) is 0 Å². The Labute approximate surface area is 187 Å². The van der Waals surface area contributed by atoms with E-state index in [1.165, 1.54) is 17.8 Å². The smallest absolute Gasteiger partial charge is 0.236 e. The summed E-state index contributed by atoms with van der Waals surface area (Å²) in [4.78, 5) is 12.3. The van der Waals surface area contributed by atoms with Gasteiger partial charge < -0.3 is 14.6 Å². The average Bonchev–Trinajstić information content (AvgIpc) is 3.40. The lowest BCUT2D eigenvalue weighted by Gasteiger charge is -2.17. The van der Waals surface area contributed by atoms with E-state index in [2.05, 4.69) is 20.7 Å². The first-order chi connectivity index (χ1) is 15.5. The van der Waals surface area contributed by atoms with E-state index in [0.717, 1.165) is 5.69 Å². The van der Waals surface area contributed by atoms with E-state index in [1.807, 2.05) is 30.3 Å². The Balaban J connectivity index is 1.55. The number of para-hydroxylation sites is 2. The highest BCUT2D eigenvalue weighted by Gasteiger charge is 2.22. The predicted molar refractivity (Wildman–Crippen MR) is 117 cm³/mol. The van der Waals surface area contributed by atoms with Crippen molar-refractivity contribution in [2.45, 2.75) is 25.1 Å². The topological polar surface area (TPSA) is 95.1 Å². The van der Waals surface area contributed by atoms with Crippen molar-refractivity contribution in [1.82, 2.24) is 19.9 Å². The molecule has 2 aromatic carbocycles. The van der Waals surface area contributed by atoms with Crippen molar-refractivity contribution in [3.63, 3.8) is 0 Å². The summed E-state index contributed by atoms with van der Waals surface area (Å²) in [6.45, 7) is 3.51. The van der Waals surface area contributed by atoms with E-state index in [4.69, 9.17) is 9.26 Å². The molecule has 1 atom stereocenters. The molecule has 0 bridgehead atoms. The third kappa shape index (κ3) is 4.97. The Morgan fingerprint density at radius 2 is 1.94 bits per heavy atom. The molecule has 10 heteroatoms. The molecule has 0 aliphatic rings. The van der Waals surface area contributed by atoms with Gasteiger partial charge in [-0.15, -0.1) is 10.2 Å². The van der Waals surface area contributed by atoms with Crippen molar-refractivity contribution in [3.05, 3.63) is 78.1 Å². The number of aromatic nitrogens is 4. The van der Waals surface area contributed by atoms with Gasteiger partial charge >= 0.3 is 0 Å². The monoisotopic (exact) mass is 453 g/mol. The molecule has 2 aromatic heterocycles. The first-order valence-corrected chi connectivity index (χ1v) is 10.8. The van der Waals surface area contributed by atoms with Crippen LogP contribution in [0.3, 0.4) is 0 Å². The zero-order valence-corrected chi connectivity index (χ0v) is 18.2. The van der Waals surface area contributed by atoms with Crippen LogP contribution >= 0.6 is 11.8 Å². The summed E-state index contributed by atoms with van der Waals surface area (Å²) in [5.41, 5.74) is 0.798. The number of nitrogens with zero attached hydrogens (tertiary/aromatic N) is 4. The number of aryl methyl sites for hydroxylation is 1. The minimum Gasteiger partial charge on any atom is -0.480 e. The lowest BCUT2D eigenvalue weighted by Crippen LogP contribution is -2.15. The van der Waals surface area contributed by atoms with Gasteiger partial charge in [0, 0.05) is 11.8 Å². The summed E-state index contributed by atoms with van der Waals surface area (Å²) in [5, 5.41) is 15.4. The predicted octanol–water partition coefficient (Wildman–Crippen LogP) is 4.57. The van der Waals surface area contributed by atoms with E-state index in [1.54, 1.807) is 42.7 Å². The summed E-state index contributed by atoms with van der Waals surface area (Å²) in [6.07, 6.45) is -0.596. The molecule has 8 nitrogen and oxygen atoms in total. The van der Waals surface area contributed by atoms with Gasteiger partial charge in [0.05, 0.1) is 5.75 Å². The van der Waals surface area contributed by atoms with Gasteiger partial charge in [-0.05, 0) is 38.1 Å². The van der Waals surface area contributed by atoms with Crippen molar-refractivity contribution < 1.29 is 18.4 Å². The van der Waals surface area contributed by atoms with Gasteiger partial charge in [-0.1, -0.05) is 47.3 Å². The molecule has 4 aromatic rings. The van der Waals surface area contributed by atoms with Crippen LogP contribution in [0.1, 0.15) is 24.6 Å². The lowest BCUT2D eigenvalue weighted by molar-refractivity contribution is -0.113. The van der Waals surface area contributed by atoms with Crippen molar-refractivity contribution >= 4 is 23.5 Å². The fourth-order valence-electron chi connectivity index (χ4n) is 2.98. The molecule has 2 heterocycles.